The molecule has 2 N–H and O–H groups in total. The van der Waals surface area contributed by atoms with E-state index in [4.69, 9.17) is 9.73 Å². The van der Waals surface area contributed by atoms with Gasteiger partial charge in [-0.05, 0) is 43.5 Å². The summed E-state index contributed by atoms with van der Waals surface area (Å²) in [6, 6.07) is 18.2. The summed E-state index contributed by atoms with van der Waals surface area (Å²) in [6.45, 7) is 2.42. The SMILES string of the molecule is CC1(O)CC(C2=C3C=NC=C[NH+]3C(c3cccc(OCc4ccccc4)c3)=N2)C1.[Cl-]. The standard InChI is InChI=1S/C24H23N3O2.ClH/c1-24(28)13-19(14-24)22-21-15-25-10-11-27(21)23(26-22)18-8-5-9-20(12-18)29-16-17-6-3-2-4-7-17;/h2-12,15,19,28H,13-14,16H2,1H3;1H. The largest absolute Gasteiger partial charge is 1.00 e. The van der Waals surface area contributed by atoms with Crippen molar-refractivity contribution in [3.05, 3.63) is 89.5 Å². The molecule has 0 saturated heterocycles. The van der Waals surface area contributed by atoms with Gasteiger partial charge in [0.2, 0.25) is 5.84 Å². The quantitative estimate of drug-likeness (QED) is 0.705. The third-order valence-electron chi connectivity index (χ3n) is 5.70. The van der Waals surface area contributed by atoms with Crippen LogP contribution in [0.2, 0.25) is 0 Å². The van der Waals surface area contributed by atoms with E-state index in [9.17, 15) is 5.11 Å². The second-order valence-corrected chi connectivity index (χ2v) is 8.17. The Morgan fingerprint density at radius 3 is 2.70 bits per heavy atom. The lowest BCUT2D eigenvalue weighted by Crippen LogP contribution is -3.08. The van der Waals surface area contributed by atoms with E-state index in [1.165, 1.54) is 0 Å². The lowest BCUT2D eigenvalue weighted by Gasteiger charge is -2.40. The zero-order valence-electron chi connectivity index (χ0n) is 16.8. The molecule has 2 aromatic carbocycles. The van der Waals surface area contributed by atoms with Gasteiger partial charge in [0.15, 0.2) is 5.70 Å². The van der Waals surface area contributed by atoms with Crippen LogP contribution in [0.3, 0.4) is 0 Å². The molecule has 3 aliphatic rings. The number of nitrogens with one attached hydrogen (secondary N) is 1. The minimum Gasteiger partial charge on any atom is -1.00 e. The van der Waals surface area contributed by atoms with E-state index in [2.05, 4.69) is 23.2 Å². The van der Waals surface area contributed by atoms with Crippen molar-refractivity contribution in [2.24, 2.45) is 15.9 Å². The Morgan fingerprint density at radius 1 is 1.13 bits per heavy atom. The van der Waals surface area contributed by atoms with E-state index in [-0.39, 0.29) is 18.3 Å². The van der Waals surface area contributed by atoms with Crippen LogP contribution in [0.25, 0.3) is 0 Å². The highest BCUT2D eigenvalue weighted by molar-refractivity contribution is 5.98. The van der Waals surface area contributed by atoms with Crippen LogP contribution in [-0.2, 0) is 6.61 Å². The van der Waals surface area contributed by atoms with Crippen LogP contribution in [-0.4, -0.2) is 22.8 Å². The van der Waals surface area contributed by atoms with Gasteiger partial charge in [-0.2, -0.15) is 4.99 Å². The molecule has 2 heterocycles. The van der Waals surface area contributed by atoms with Gasteiger partial charge in [0.25, 0.3) is 0 Å². The predicted molar refractivity (Wildman–Crippen MR) is 113 cm³/mol. The topological polar surface area (TPSA) is 58.6 Å². The Bertz CT molecular complexity index is 1050. The first kappa shape index (κ1) is 20.5. The van der Waals surface area contributed by atoms with E-state index < -0.39 is 5.60 Å². The average Bonchev–Trinajstić information content (AvgIpc) is 3.11. The molecule has 0 aromatic heterocycles. The first-order chi connectivity index (χ1) is 14.1. The maximum Gasteiger partial charge on any atom is 0.243 e. The van der Waals surface area contributed by atoms with Crippen LogP contribution in [0.4, 0.5) is 0 Å². The van der Waals surface area contributed by atoms with Gasteiger partial charge >= 0.3 is 0 Å². The average molecular weight is 422 g/mol. The molecule has 0 spiro atoms. The number of hydrogen-bond donors (Lipinski definition) is 2. The zero-order chi connectivity index (χ0) is 19.8. The van der Waals surface area contributed by atoms with Crippen LogP contribution >= 0.6 is 0 Å². The minimum atomic E-state index is -0.580. The Kier molecular flexibility index (Phi) is 5.60. The zero-order valence-corrected chi connectivity index (χ0v) is 17.5. The predicted octanol–water partition coefficient (Wildman–Crippen LogP) is -0.157. The molecule has 5 nitrogen and oxygen atoms in total. The van der Waals surface area contributed by atoms with Crippen LogP contribution in [0, 0.1) is 5.92 Å². The van der Waals surface area contributed by atoms with Crippen molar-refractivity contribution in [2.45, 2.75) is 32.0 Å². The molecule has 154 valence electrons. The van der Waals surface area contributed by atoms with E-state index >= 15 is 0 Å². The smallest absolute Gasteiger partial charge is 0.243 e. The Labute approximate surface area is 182 Å². The Morgan fingerprint density at radius 2 is 1.93 bits per heavy atom. The number of aliphatic imine (C=N–C) groups is 2. The van der Waals surface area contributed by atoms with E-state index in [0.29, 0.717) is 6.61 Å². The summed E-state index contributed by atoms with van der Waals surface area (Å²) >= 11 is 0. The van der Waals surface area contributed by atoms with Gasteiger partial charge in [0.05, 0.1) is 23.6 Å². The maximum atomic E-state index is 10.2. The first-order valence-electron chi connectivity index (χ1n) is 9.99. The molecule has 1 saturated carbocycles. The molecule has 1 fully saturated rings. The van der Waals surface area contributed by atoms with Crippen molar-refractivity contribution in [2.75, 3.05) is 0 Å². The summed E-state index contributed by atoms with van der Waals surface area (Å²) in [7, 11) is 0. The van der Waals surface area contributed by atoms with Gasteiger partial charge in [-0.3, -0.25) is 4.99 Å². The number of aliphatic hydroxyl groups is 1. The molecule has 30 heavy (non-hydrogen) atoms. The fourth-order valence-corrected chi connectivity index (χ4v) is 4.25. The number of amidine groups is 1. The summed E-state index contributed by atoms with van der Waals surface area (Å²) in [5.74, 6) is 2.06. The minimum absolute atomic E-state index is 0. The lowest BCUT2D eigenvalue weighted by atomic mass is 9.70. The van der Waals surface area contributed by atoms with E-state index in [0.717, 1.165) is 51.8 Å². The number of hydrogen-bond acceptors (Lipinski definition) is 4. The number of quaternary nitrogens is 1. The third-order valence-corrected chi connectivity index (χ3v) is 5.70. The number of halogens is 1. The van der Waals surface area contributed by atoms with Crippen LogP contribution in [0.15, 0.2) is 88.4 Å². The van der Waals surface area contributed by atoms with Crippen molar-refractivity contribution >= 4 is 12.1 Å². The van der Waals surface area contributed by atoms with Crippen LogP contribution in [0.1, 0.15) is 30.9 Å². The van der Waals surface area contributed by atoms with Gasteiger partial charge < -0.3 is 22.3 Å². The highest BCUT2D eigenvalue weighted by Crippen LogP contribution is 2.43. The third kappa shape index (κ3) is 3.97. The fourth-order valence-electron chi connectivity index (χ4n) is 4.25. The van der Waals surface area contributed by atoms with Crippen molar-refractivity contribution in [1.82, 2.24) is 0 Å². The molecule has 1 atom stereocenters. The van der Waals surface area contributed by atoms with Gasteiger partial charge in [0, 0.05) is 5.92 Å². The molecule has 1 aliphatic carbocycles. The van der Waals surface area contributed by atoms with Crippen molar-refractivity contribution in [3.8, 4) is 5.75 Å². The maximum absolute atomic E-state index is 10.2. The molecule has 2 aromatic rings. The highest BCUT2D eigenvalue weighted by atomic mass is 35.5. The number of benzene rings is 2. The number of fused-ring (bicyclic) bond motifs is 1. The Hall–Kier alpha value is -2.73. The van der Waals surface area contributed by atoms with Crippen LogP contribution in [0.5, 0.6) is 5.75 Å². The summed E-state index contributed by atoms with van der Waals surface area (Å²) in [6.07, 6.45) is 7.21. The number of rotatable bonds is 5. The van der Waals surface area contributed by atoms with Crippen LogP contribution < -0.4 is 22.0 Å². The van der Waals surface area contributed by atoms with Crippen molar-refractivity contribution in [1.29, 1.82) is 0 Å². The van der Waals surface area contributed by atoms with Gasteiger partial charge in [-0.25, -0.2) is 4.90 Å². The van der Waals surface area contributed by atoms with Gasteiger partial charge in [0.1, 0.15) is 24.3 Å². The monoisotopic (exact) mass is 421 g/mol. The second-order valence-electron chi connectivity index (χ2n) is 8.17. The molecule has 1 unspecified atom stereocenters. The van der Waals surface area contributed by atoms with Gasteiger partial charge in [-0.15, -0.1) is 0 Å². The molecule has 0 radical (unpaired) electrons. The molecular weight excluding hydrogens is 398 g/mol. The number of allylic oxidation sites excluding steroid dienone is 2. The van der Waals surface area contributed by atoms with E-state index in [1.54, 1.807) is 0 Å². The fraction of sp³-hybridized carbons (Fsp3) is 0.250. The summed E-state index contributed by atoms with van der Waals surface area (Å²) in [5, 5.41) is 10.2. The second kappa shape index (κ2) is 8.19. The van der Waals surface area contributed by atoms with Crippen molar-refractivity contribution in [3.63, 3.8) is 0 Å². The molecule has 6 heteroatoms. The summed E-state index contributed by atoms with van der Waals surface area (Å²) < 4.78 is 6.01. The molecular formula is C24H24ClN3O2. The normalized spacial score (nSPS) is 26.5. The molecule has 5 rings (SSSR count). The molecule has 0 amide bonds. The molecule has 0 bridgehead atoms. The summed E-state index contributed by atoms with van der Waals surface area (Å²) in [5.41, 5.74) is 3.72. The first-order valence-corrected chi connectivity index (χ1v) is 9.99. The van der Waals surface area contributed by atoms with Gasteiger partial charge in [-0.1, -0.05) is 36.4 Å². The summed E-state index contributed by atoms with van der Waals surface area (Å²) in [4.78, 5) is 10.4. The number of nitrogens with zero attached hydrogens (tertiary/aromatic N) is 2. The molecule has 2 aliphatic heterocycles. The lowest BCUT2D eigenvalue weighted by molar-refractivity contribution is -0.689. The number of ether oxygens (including phenoxy) is 1. The highest BCUT2D eigenvalue weighted by Gasteiger charge is 2.46. The van der Waals surface area contributed by atoms with Crippen molar-refractivity contribution < 1.29 is 27.2 Å². The van der Waals surface area contributed by atoms with E-state index in [1.807, 2.05) is 61.9 Å². The Balaban J connectivity index is 0.00000218.